The first kappa shape index (κ1) is 16.3. The van der Waals surface area contributed by atoms with Crippen LogP contribution in [0.2, 0.25) is 5.02 Å². The highest BCUT2D eigenvalue weighted by atomic mass is 79.9. The Bertz CT molecular complexity index is 945. The molecule has 0 aliphatic carbocycles. The Kier molecular flexibility index (Phi) is 4.62. The van der Waals surface area contributed by atoms with Crippen LogP contribution in [0.1, 0.15) is 22.5 Å². The topological polar surface area (TPSA) is 54.0 Å². The number of thioether (sulfide) groups is 1. The van der Waals surface area contributed by atoms with Crippen LogP contribution in [-0.4, -0.2) is 14.4 Å². The van der Waals surface area contributed by atoms with Gasteiger partial charge in [-0.3, -0.25) is 4.40 Å². The van der Waals surface area contributed by atoms with E-state index in [1.54, 1.807) is 0 Å². The van der Waals surface area contributed by atoms with Crippen molar-refractivity contribution >= 4 is 44.9 Å². The minimum Gasteiger partial charge on any atom is -0.292 e. The maximum Gasteiger partial charge on any atom is 0.138 e. The Morgan fingerprint density at radius 3 is 2.87 bits per heavy atom. The van der Waals surface area contributed by atoms with Crippen molar-refractivity contribution in [2.75, 3.05) is 0 Å². The summed E-state index contributed by atoms with van der Waals surface area (Å²) in [6.45, 7) is 3.86. The van der Waals surface area contributed by atoms with E-state index in [1.807, 2.05) is 42.6 Å². The molecule has 3 rings (SSSR count). The summed E-state index contributed by atoms with van der Waals surface area (Å²) in [5.41, 5.74) is 4.20. The summed E-state index contributed by atoms with van der Waals surface area (Å²) in [6.07, 6.45) is 1.82. The highest BCUT2D eigenvalue weighted by Gasteiger charge is 2.14. The van der Waals surface area contributed by atoms with Crippen LogP contribution in [0.4, 0.5) is 0 Å². The van der Waals surface area contributed by atoms with Crippen LogP contribution < -0.4 is 0 Å². The van der Waals surface area contributed by atoms with Gasteiger partial charge >= 0.3 is 0 Å². The lowest BCUT2D eigenvalue weighted by Gasteiger charge is -2.06. The summed E-state index contributed by atoms with van der Waals surface area (Å²) in [4.78, 5) is 9.08. The summed E-state index contributed by atoms with van der Waals surface area (Å²) in [5.74, 6) is 0.616. The van der Waals surface area contributed by atoms with Gasteiger partial charge in [0, 0.05) is 17.6 Å². The van der Waals surface area contributed by atoms with Gasteiger partial charge in [0.2, 0.25) is 0 Å². The Morgan fingerprint density at radius 2 is 2.13 bits per heavy atom. The number of pyridine rings is 2. The Labute approximate surface area is 151 Å². The summed E-state index contributed by atoms with van der Waals surface area (Å²) >= 11 is 11.1. The maximum atomic E-state index is 9.34. The summed E-state index contributed by atoms with van der Waals surface area (Å²) in [5, 5.41) is 10.7. The molecule has 0 fully saturated rings. The fourth-order valence-corrected chi connectivity index (χ4v) is 4.20. The number of imidazole rings is 1. The average Bonchev–Trinajstić information content (AvgIpc) is 2.81. The van der Waals surface area contributed by atoms with Crippen molar-refractivity contribution in [3.05, 3.63) is 56.5 Å². The van der Waals surface area contributed by atoms with Gasteiger partial charge in [-0.1, -0.05) is 23.4 Å². The number of aryl methyl sites for hydroxylation is 2. The summed E-state index contributed by atoms with van der Waals surface area (Å²) < 4.78 is 2.77. The van der Waals surface area contributed by atoms with E-state index >= 15 is 0 Å². The molecule has 3 aromatic heterocycles. The maximum absolute atomic E-state index is 9.34. The second-order valence-electron chi connectivity index (χ2n) is 5.09. The predicted molar refractivity (Wildman–Crippen MR) is 95.9 cm³/mol. The Morgan fingerprint density at radius 1 is 1.35 bits per heavy atom. The molecule has 0 aromatic carbocycles. The van der Waals surface area contributed by atoms with Gasteiger partial charge in [0.25, 0.3) is 0 Å². The standard InChI is InChI=1S/C16H12BrClN4S/c1-9-5-10(2)20-16(12(9)6-19)23-8-13-15(17)22-7-11(18)3-4-14(22)21-13/h3-5,7H,8H2,1-2H3. The first-order valence-corrected chi connectivity index (χ1v) is 8.98. The van der Waals surface area contributed by atoms with Gasteiger partial charge in [0.05, 0.1) is 16.3 Å². The lowest BCUT2D eigenvalue weighted by Crippen LogP contribution is -1.95. The van der Waals surface area contributed by atoms with E-state index in [1.165, 1.54) is 11.8 Å². The Hall–Kier alpha value is -1.55. The highest BCUT2D eigenvalue weighted by Crippen LogP contribution is 2.30. The van der Waals surface area contributed by atoms with Crippen molar-refractivity contribution in [3.8, 4) is 6.07 Å². The fourth-order valence-electron chi connectivity index (χ4n) is 2.31. The molecule has 3 heterocycles. The molecule has 116 valence electrons. The number of fused-ring (bicyclic) bond motifs is 1. The smallest absolute Gasteiger partial charge is 0.138 e. The number of hydrogen-bond donors (Lipinski definition) is 0. The van der Waals surface area contributed by atoms with Gasteiger partial charge in [-0.25, -0.2) is 9.97 Å². The molecule has 0 bridgehead atoms. The van der Waals surface area contributed by atoms with E-state index in [2.05, 4.69) is 32.0 Å². The van der Waals surface area contributed by atoms with E-state index in [9.17, 15) is 5.26 Å². The van der Waals surface area contributed by atoms with Gasteiger partial charge in [0.1, 0.15) is 21.3 Å². The van der Waals surface area contributed by atoms with Crippen molar-refractivity contribution in [2.45, 2.75) is 24.6 Å². The molecule has 0 aliphatic heterocycles. The summed E-state index contributed by atoms with van der Waals surface area (Å²) in [6, 6.07) is 7.84. The molecular weight excluding hydrogens is 396 g/mol. The zero-order valence-electron chi connectivity index (χ0n) is 12.5. The zero-order valence-corrected chi connectivity index (χ0v) is 15.6. The lowest BCUT2D eigenvalue weighted by atomic mass is 10.1. The van der Waals surface area contributed by atoms with E-state index in [0.29, 0.717) is 16.3 Å². The van der Waals surface area contributed by atoms with Gasteiger partial charge in [-0.15, -0.1) is 0 Å². The van der Waals surface area contributed by atoms with Crippen molar-refractivity contribution in [2.24, 2.45) is 0 Å². The largest absolute Gasteiger partial charge is 0.292 e. The molecular formula is C16H12BrClN4S. The molecule has 3 aromatic rings. The molecule has 0 aliphatic rings. The number of hydrogen-bond acceptors (Lipinski definition) is 4. The normalized spacial score (nSPS) is 10.9. The fraction of sp³-hybridized carbons (Fsp3) is 0.188. The lowest BCUT2D eigenvalue weighted by molar-refractivity contribution is 1.03. The van der Waals surface area contributed by atoms with Crippen molar-refractivity contribution in [1.29, 1.82) is 5.26 Å². The monoisotopic (exact) mass is 406 g/mol. The second kappa shape index (κ2) is 6.52. The molecule has 0 radical (unpaired) electrons. The minimum absolute atomic E-state index is 0.616. The van der Waals surface area contributed by atoms with E-state index < -0.39 is 0 Å². The van der Waals surface area contributed by atoms with Crippen molar-refractivity contribution < 1.29 is 0 Å². The second-order valence-corrected chi connectivity index (χ2v) is 7.24. The van der Waals surface area contributed by atoms with Crippen LogP contribution >= 0.6 is 39.3 Å². The third-order valence-corrected chi connectivity index (χ3v) is 5.41. The average molecular weight is 408 g/mol. The molecule has 23 heavy (non-hydrogen) atoms. The van der Waals surface area contributed by atoms with Gasteiger partial charge in [-0.05, 0) is 53.5 Å². The first-order chi connectivity index (χ1) is 11.0. The van der Waals surface area contributed by atoms with E-state index in [-0.39, 0.29) is 0 Å². The van der Waals surface area contributed by atoms with Gasteiger partial charge in [0.15, 0.2) is 0 Å². The minimum atomic E-state index is 0.616. The highest BCUT2D eigenvalue weighted by molar-refractivity contribution is 9.10. The molecule has 0 spiro atoms. The van der Waals surface area contributed by atoms with Crippen LogP contribution in [0.25, 0.3) is 5.65 Å². The van der Waals surface area contributed by atoms with Gasteiger partial charge < -0.3 is 0 Å². The molecule has 0 saturated heterocycles. The number of halogens is 2. The van der Waals surface area contributed by atoms with E-state index in [0.717, 1.165) is 32.2 Å². The predicted octanol–water partition coefficient (Wildman–Crippen LogP) is 4.93. The molecule has 0 saturated carbocycles. The summed E-state index contributed by atoms with van der Waals surface area (Å²) in [7, 11) is 0. The molecule has 7 heteroatoms. The molecule has 0 N–H and O–H groups in total. The zero-order chi connectivity index (χ0) is 16.6. The quantitative estimate of drug-likeness (QED) is 0.578. The number of nitriles is 1. The van der Waals surface area contributed by atoms with Crippen LogP contribution in [0.5, 0.6) is 0 Å². The van der Waals surface area contributed by atoms with Crippen molar-refractivity contribution in [3.63, 3.8) is 0 Å². The van der Waals surface area contributed by atoms with Crippen LogP contribution in [0.3, 0.4) is 0 Å². The number of nitrogens with zero attached hydrogens (tertiary/aromatic N) is 4. The molecule has 0 atom stereocenters. The first-order valence-electron chi connectivity index (χ1n) is 6.82. The number of rotatable bonds is 3. The SMILES string of the molecule is Cc1cc(C)c(C#N)c(SCc2nc3ccc(Cl)cn3c2Br)n1. The van der Waals surface area contributed by atoms with Crippen LogP contribution in [0, 0.1) is 25.2 Å². The van der Waals surface area contributed by atoms with Crippen LogP contribution in [-0.2, 0) is 5.75 Å². The molecule has 0 amide bonds. The molecule has 4 nitrogen and oxygen atoms in total. The van der Waals surface area contributed by atoms with E-state index in [4.69, 9.17) is 11.6 Å². The third kappa shape index (κ3) is 3.23. The molecule has 0 unspecified atom stereocenters. The number of aromatic nitrogens is 3. The van der Waals surface area contributed by atoms with Gasteiger partial charge in [-0.2, -0.15) is 5.26 Å². The van der Waals surface area contributed by atoms with Crippen LogP contribution in [0.15, 0.2) is 34.0 Å². The van der Waals surface area contributed by atoms with Crippen molar-refractivity contribution in [1.82, 2.24) is 14.4 Å². The third-order valence-electron chi connectivity index (χ3n) is 3.36. The Balaban J connectivity index is 1.93.